The van der Waals surface area contributed by atoms with Gasteiger partial charge in [0.05, 0.1) is 17.7 Å². The van der Waals surface area contributed by atoms with Crippen molar-refractivity contribution in [1.29, 1.82) is 0 Å². The van der Waals surface area contributed by atoms with Crippen molar-refractivity contribution < 1.29 is 19.5 Å². The lowest BCUT2D eigenvalue weighted by Crippen LogP contribution is -2.25. The first-order chi connectivity index (χ1) is 8.16. The molecule has 0 spiro atoms. The second kappa shape index (κ2) is 4.55. The maximum Gasteiger partial charge on any atom is 0.289 e. The molecular formula is C12H13NO4. The molecule has 0 saturated heterocycles. The Morgan fingerprint density at radius 2 is 2.06 bits per heavy atom. The molecule has 1 aromatic rings. The highest BCUT2D eigenvalue weighted by Crippen LogP contribution is 2.30. The summed E-state index contributed by atoms with van der Waals surface area (Å²) in [5, 5.41) is 9.38. The Balaban J connectivity index is 2.32. The second-order valence-electron chi connectivity index (χ2n) is 3.80. The third kappa shape index (κ3) is 1.89. The van der Waals surface area contributed by atoms with Gasteiger partial charge in [-0.2, -0.15) is 0 Å². The predicted octanol–water partition coefficient (Wildman–Crippen LogP) is 1.85. The van der Waals surface area contributed by atoms with Crippen molar-refractivity contribution >= 4 is 11.8 Å². The molecule has 1 N–H and O–H groups in total. The molecule has 0 fully saturated rings. The van der Waals surface area contributed by atoms with Gasteiger partial charge >= 0.3 is 0 Å². The van der Waals surface area contributed by atoms with Gasteiger partial charge in [0, 0.05) is 0 Å². The highest BCUT2D eigenvalue weighted by molar-refractivity contribution is 6.21. The Hall–Kier alpha value is -1.88. The smallest absolute Gasteiger partial charge is 0.289 e. The zero-order valence-electron chi connectivity index (χ0n) is 9.47. The van der Waals surface area contributed by atoms with Gasteiger partial charge in [0.25, 0.3) is 11.8 Å². The topological polar surface area (TPSA) is 66.8 Å². The van der Waals surface area contributed by atoms with Crippen molar-refractivity contribution in [3.8, 4) is 5.75 Å². The van der Waals surface area contributed by atoms with Gasteiger partial charge in [-0.3, -0.25) is 14.8 Å². The number of hydroxylamine groups is 2. The molecule has 17 heavy (non-hydrogen) atoms. The quantitative estimate of drug-likeness (QED) is 0.491. The Morgan fingerprint density at radius 1 is 1.29 bits per heavy atom. The molecule has 0 atom stereocenters. The van der Waals surface area contributed by atoms with Gasteiger partial charge in [-0.25, -0.2) is 0 Å². The summed E-state index contributed by atoms with van der Waals surface area (Å²) in [7, 11) is 0. The number of fused-ring (bicyclic) bond motifs is 1. The standard InChI is InChI=1S/C12H13NO4/c1-2-3-7-17-9-6-4-5-8-10(9)12(15)13(16)11(8)14/h4-6,16H,2-3,7H2,1H3. The summed E-state index contributed by atoms with van der Waals surface area (Å²) in [5.41, 5.74) is 0.336. The van der Waals surface area contributed by atoms with Gasteiger partial charge in [-0.05, 0) is 18.6 Å². The molecule has 1 aliphatic rings. The lowest BCUT2D eigenvalue weighted by atomic mass is 10.1. The molecule has 0 radical (unpaired) electrons. The van der Waals surface area contributed by atoms with E-state index in [0.29, 0.717) is 12.4 Å². The minimum Gasteiger partial charge on any atom is -0.493 e. The Morgan fingerprint density at radius 3 is 2.76 bits per heavy atom. The van der Waals surface area contributed by atoms with Crippen molar-refractivity contribution in [1.82, 2.24) is 5.06 Å². The first kappa shape index (κ1) is 11.6. The van der Waals surface area contributed by atoms with Gasteiger partial charge < -0.3 is 4.74 Å². The highest BCUT2D eigenvalue weighted by atomic mass is 16.5. The van der Waals surface area contributed by atoms with Crippen LogP contribution in [-0.4, -0.2) is 28.7 Å². The summed E-state index contributed by atoms with van der Waals surface area (Å²) >= 11 is 0. The van der Waals surface area contributed by atoms with Crippen LogP contribution in [0.3, 0.4) is 0 Å². The van der Waals surface area contributed by atoms with E-state index >= 15 is 0 Å². The van der Waals surface area contributed by atoms with Gasteiger partial charge in [0.1, 0.15) is 5.75 Å². The lowest BCUT2D eigenvalue weighted by Gasteiger charge is -2.08. The normalized spacial score (nSPS) is 14.1. The molecule has 1 aromatic carbocycles. The highest BCUT2D eigenvalue weighted by Gasteiger charge is 2.37. The first-order valence-electron chi connectivity index (χ1n) is 5.50. The molecule has 90 valence electrons. The minimum absolute atomic E-state index is 0.122. The van der Waals surface area contributed by atoms with Crippen LogP contribution in [0.4, 0.5) is 0 Å². The minimum atomic E-state index is -0.725. The van der Waals surface area contributed by atoms with E-state index in [-0.39, 0.29) is 16.2 Å². The van der Waals surface area contributed by atoms with E-state index in [2.05, 4.69) is 0 Å². The van der Waals surface area contributed by atoms with Crippen molar-refractivity contribution in [3.05, 3.63) is 29.3 Å². The zero-order valence-corrected chi connectivity index (χ0v) is 9.47. The third-order valence-electron chi connectivity index (χ3n) is 2.61. The van der Waals surface area contributed by atoms with Crippen molar-refractivity contribution in [2.45, 2.75) is 19.8 Å². The Labute approximate surface area is 98.6 Å². The predicted molar refractivity (Wildman–Crippen MR) is 59.1 cm³/mol. The van der Waals surface area contributed by atoms with Gasteiger partial charge in [0.15, 0.2) is 0 Å². The van der Waals surface area contributed by atoms with E-state index in [0.717, 1.165) is 12.8 Å². The first-order valence-corrected chi connectivity index (χ1v) is 5.50. The van der Waals surface area contributed by atoms with Crippen molar-refractivity contribution in [3.63, 3.8) is 0 Å². The SMILES string of the molecule is CCCCOc1cccc2c1C(=O)N(O)C2=O. The molecule has 0 aromatic heterocycles. The van der Waals surface area contributed by atoms with E-state index < -0.39 is 11.8 Å². The molecule has 2 amide bonds. The third-order valence-corrected chi connectivity index (χ3v) is 2.61. The van der Waals surface area contributed by atoms with E-state index in [1.54, 1.807) is 12.1 Å². The Bertz CT molecular complexity index is 470. The molecular weight excluding hydrogens is 222 g/mol. The van der Waals surface area contributed by atoms with E-state index in [1.807, 2.05) is 6.92 Å². The number of nitrogens with zero attached hydrogens (tertiary/aromatic N) is 1. The fourth-order valence-electron chi connectivity index (χ4n) is 1.69. The molecule has 0 aliphatic carbocycles. The molecule has 1 heterocycles. The fraction of sp³-hybridized carbons (Fsp3) is 0.333. The molecule has 1 aliphatic heterocycles. The molecule has 0 saturated carbocycles. The fourth-order valence-corrected chi connectivity index (χ4v) is 1.69. The number of carbonyl (C=O) groups is 2. The van der Waals surface area contributed by atoms with Crippen LogP contribution in [-0.2, 0) is 0 Å². The van der Waals surface area contributed by atoms with Crippen LogP contribution in [0, 0.1) is 0 Å². The van der Waals surface area contributed by atoms with E-state index in [9.17, 15) is 14.8 Å². The maximum atomic E-state index is 11.6. The monoisotopic (exact) mass is 235 g/mol. The number of ether oxygens (including phenoxy) is 1. The van der Waals surface area contributed by atoms with Gasteiger partial charge in [-0.1, -0.05) is 19.4 Å². The van der Waals surface area contributed by atoms with Gasteiger partial charge in [-0.15, -0.1) is 5.06 Å². The number of imide groups is 1. The summed E-state index contributed by atoms with van der Waals surface area (Å²) < 4.78 is 5.45. The summed E-state index contributed by atoms with van der Waals surface area (Å²) in [5.74, 6) is -1.08. The molecule has 5 heteroatoms. The van der Waals surface area contributed by atoms with Crippen LogP contribution in [0.25, 0.3) is 0 Å². The average molecular weight is 235 g/mol. The number of hydrogen-bond acceptors (Lipinski definition) is 4. The number of amides is 2. The summed E-state index contributed by atoms with van der Waals surface area (Å²) in [6.45, 7) is 2.52. The van der Waals surface area contributed by atoms with E-state index in [4.69, 9.17) is 4.74 Å². The molecule has 5 nitrogen and oxygen atoms in total. The average Bonchev–Trinajstić information content (AvgIpc) is 2.56. The van der Waals surface area contributed by atoms with Crippen LogP contribution >= 0.6 is 0 Å². The van der Waals surface area contributed by atoms with Crippen LogP contribution < -0.4 is 4.74 Å². The number of carbonyl (C=O) groups excluding carboxylic acids is 2. The number of hydrogen-bond donors (Lipinski definition) is 1. The van der Waals surface area contributed by atoms with Crippen LogP contribution in [0.2, 0.25) is 0 Å². The summed E-state index contributed by atoms with van der Waals surface area (Å²) in [6, 6.07) is 4.75. The Kier molecular flexibility index (Phi) is 3.10. The molecule has 0 bridgehead atoms. The van der Waals surface area contributed by atoms with Crippen LogP contribution in [0.5, 0.6) is 5.75 Å². The summed E-state index contributed by atoms with van der Waals surface area (Å²) in [4.78, 5) is 23.1. The van der Waals surface area contributed by atoms with E-state index in [1.165, 1.54) is 6.07 Å². The van der Waals surface area contributed by atoms with Crippen LogP contribution in [0.1, 0.15) is 40.5 Å². The molecule has 0 unspecified atom stereocenters. The molecule has 2 rings (SSSR count). The number of benzene rings is 1. The zero-order chi connectivity index (χ0) is 12.4. The van der Waals surface area contributed by atoms with Crippen molar-refractivity contribution in [2.24, 2.45) is 0 Å². The number of rotatable bonds is 4. The second-order valence-corrected chi connectivity index (χ2v) is 3.80. The number of unbranched alkanes of at least 4 members (excludes halogenated alkanes) is 1. The van der Waals surface area contributed by atoms with Gasteiger partial charge in [0.2, 0.25) is 0 Å². The summed E-state index contributed by atoms with van der Waals surface area (Å²) in [6.07, 6.45) is 1.85. The largest absolute Gasteiger partial charge is 0.493 e. The van der Waals surface area contributed by atoms with Crippen LogP contribution in [0.15, 0.2) is 18.2 Å². The lowest BCUT2D eigenvalue weighted by molar-refractivity contribution is -0.0328. The maximum absolute atomic E-state index is 11.6. The van der Waals surface area contributed by atoms with Crippen molar-refractivity contribution in [2.75, 3.05) is 6.61 Å².